The van der Waals surface area contributed by atoms with E-state index in [4.69, 9.17) is 4.74 Å². The monoisotopic (exact) mass is 278 g/mol. The number of carbonyl (C=O) groups is 1. The number of ether oxygens (including phenoxy) is 1. The lowest BCUT2D eigenvalue weighted by atomic mass is 10.2. The van der Waals surface area contributed by atoms with Crippen molar-refractivity contribution in [1.29, 1.82) is 0 Å². The van der Waals surface area contributed by atoms with Crippen molar-refractivity contribution >= 4 is 17.7 Å². The summed E-state index contributed by atoms with van der Waals surface area (Å²) in [5.41, 5.74) is 0. The fourth-order valence-electron chi connectivity index (χ4n) is 1.42. The quantitative estimate of drug-likeness (QED) is 0.418. The molecular weight excluding hydrogens is 251 g/mol. The van der Waals surface area contributed by atoms with Gasteiger partial charge in [0.25, 0.3) is 0 Å². The third kappa shape index (κ3) is 9.75. The molecule has 4 heteroatoms. The molecule has 0 aliphatic heterocycles. The molecule has 0 N–H and O–H groups in total. The van der Waals surface area contributed by atoms with Crippen molar-refractivity contribution < 1.29 is 13.9 Å². The SMILES string of the molecule is CCCCC(SCCCCF)C(=O)OCC(C)C. The van der Waals surface area contributed by atoms with Gasteiger partial charge in [-0.2, -0.15) is 0 Å². The molecule has 2 nitrogen and oxygen atoms in total. The lowest BCUT2D eigenvalue weighted by molar-refractivity contribution is -0.144. The van der Waals surface area contributed by atoms with E-state index >= 15 is 0 Å². The Labute approximate surface area is 115 Å². The van der Waals surface area contributed by atoms with Crippen LogP contribution in [0.25, 0.3) is 0 Å². The zero-order valence-electron chi connectivity index (χ0n) is 11.9. The molecule has 0 aromatic carbocycles. The number of halogens is 1. The van der Waals surface area contributed by atoms with Crippen LogP contribution in [0.5, 0.6) is 0 Å². The summed E-state index contributed by atoms with van der Waals surface area (Å²) in [5, 5.41) is -0.0664. The second-order valence-electron chi connectivity index (χ2n) is 4.92. The maximum Gasteiger partial charge on any atom is 0.319 e. The minimum absolute atomic E-state index is 0.0664. The minimum Gasteiger partial charge on any atom is -0.465 e. The summed E-state index contributed by atoms with van der Waals surface area (Å²) in [6.45, 7) is 6.40. The molecule has 0 heterocycles. The predicted octanol–water partition coefficient (Wildman–Crippen LogP) is 4.23. The Kier molecular flexibility index (Phi) is 11.7. The van der Waals surface area contributed by atoms with Crippen molar-refractivity contribution in [3.05, 3.63) is 0 Å². The minimum atomic E-state index is -0.266. The third-order valence-corrected chi connectivity index (χ3v) is 3.84. The first-order chi connectivity index (χ1) is 8.61. The van der Waals surface area contributed by atoms with Gasteiger partial charge in [-0.3, -0.25) is 9.18 Å². The Bertz CT molecular complexity index is 210. The standard InChI is InChI=1S/C14H27FO2S/c1-4-5-8-13(18-10-7-6-9-15)14(16)17-11-12(2)3/h12-13H,4-11H2,1-3H3. The number of hydrogen-bond donors (Lipinski definition) is 0. The van der Waals surface area contributed by atoms with Crippen LogP contribution < -0.4 is 0 Å². The van der Waals surface area contributed by atoms with Crippen LogP contribution in [-0.4, -0.2) is 30.3 Å². The number of unbranched alkanes of at least 4 members (excludes halogenated alkanes) is 2. The van der Waals surface area contributed by atoms with E-state index in [2.05, 4.69) is 6.92 Å². The molecule has 0 rings (SSSR count). The molecule has 0 radical (unpaired) electrons. The lowest BCUT2D eigenvalue weighted by Gasteiger charge is -2.16. The maximum atomic E-state index is 12.0. The van der Waals surface area contributed by atoms with E-state index in [9.17, 15) is 9.18 Å². The highest BCUT2D eigenvalue weighted by molar-refractivity contribution is 8.00. The molecule has 0 amide bonds. The molecule has 1 unspecified atom stereocenters. The Morgan fingerprint density at radius 3 is 2.56 bits per heavy atom. The van der Waals surface area contributed by atoms with Gasteiger partial charge in [-0.15, -0.1) is 11.8 Å². The van der Waals surface area contributed by atoms with Gasteiger partial charge >= 0.3 is 5.97 Å². The van der Waals surface area contributed by atoms with Crippen molar-refractivity contribution in [2.24, 2.45) is 5.92 Å². The Morgan fingerprint density at radius 1 is 1.28 bits per heavy atom. The van der Waals surface area contributed by atoms with Gasteiger partial charge in [0, 0.05) is 0 Å². The van der Waals surface area contributed by atoms with E-state index in [1.165, 1.54) is 0 Å². The molecule has 0 aliphatic carbocycles. The number of alkyl halides is 1. The van der Waals surface area contributed by atoms with Crippen LogP contribution in [0.1, 0.15) is 52.9 Å². The van der Waals surface area contributed by atoms with E-state index in [0.29, 0.717) is 18.9 Å². The van der Waals surface area contributed by atoms with E-state index in [-0.39, 0.29) is 17.9 Å². The lowest BCUT2D eigenvalue weighted by Crippen LogP contribution is -2.22. The highest BCUT2D eigenvalue weighted by atomic mass is 32.2. The first-order valence-corrected chi connectivity index (χ1v) is 8.00. The molecule has 0 spiro atoms. The normalized spacial score (nSPS) is 12.7. The average Bonchev–Trinajstić information content (AvgIpc) is 2.35. The van der Waals surface area contributed by atoms with E-state index in [0.717, 1.165) is 31.4 Å². The van der Waals surface area contributed by atoms with E-state index in [1.54, 1.807) is 11.8 Å². The topological polar surface area (TPSA) is 26.3 Å². The van der Waals surface area contributed by atoms with Crippen LogP contribution in [0.15, 0.2) is 0 Å². The fourth-order valence-corrected chi connectivity index (χ4v) is 2.62. The number of thioether (sulfide) groups is 1. The Hall–Kier alpha value is -0.250. The summed E-state index contributed by atoms with van der Waals surface area (Å²) in [5.74, 6) is 1.12. The molecule has 108 valence electrons. The molecule has 18 heavy (non-hydrogen) atoms. The number of hydrogen-bond acceptors (Lipinski definition) is 3. The van der Waals surface area contributed by atoms with Crippen molar-refractivity contribution in [3.8, 4) is 0 Å². The summed E-state index contributed by atoms with van der Waals surface area (Å²) in [6.07, 6.45) is 4.42. The van der Waals surface area contributed by atoms with Gasteiger partial charge in [0.1, 0.15) is 5.25 Å². The van der Waals surface area contributed by atoms with Crippen molar-refractivity contribution in [2.75, 3.05) is 19.0 Å². The molecule has 0 saturated heterocycles. The highest BCUT2D eigenvalue weighted by Gasteiger charge is 2.20. The molecular formula is C14H27FO2S. The summed E-state index contributed by atoms with van der Waals surface area (Å²) in [7, 11) is 0. The van der Waals surface area contributed by atoms with Crippen LogP contribution in [0.2, 0.25) is 0 Å². The highest BCUT2D eigenvalue weighted by Crippen LogP contribution is 2.20. The van der Waals surface area contributed by atoms with Gasteiger partial charge in [-0.05, 0) is 30.9 Å². The van der Waals surface area contributed by atoms with Crippen molar-refractivity contribution in [3.63, 3.8) is 0 Å². The van der Waals surface area contributed by atoms with Gasteiger partial charge in [-0.1, -0.05) is 33.6 Å². The number of esters is 1. The maximum absolute atomic E-state index is 12.0. The van der Waals surface area contributed by atoms with E-state index in [1.807, 2.05) is 13.8 Å². The van der Waals surface area contributed by atoms with Crippen LogP contribution in [0.3, 0.4) is 0 Å². The van der Waals surface area contributed by atoms with Crippen LogP contribution in [-0.2, 0) is 9.53 Å². The first-order valence-electron chi connectivity index (χ1n) is 6.96. The summed E-state index contributed by atoms with van der Waals surface area (Å²) >= 11 is 1.62. The molecule has 0 fully saturated rings. The second kappa shape index (κ2) is 11.8. The second-order valence-corrected chi connectivity index (χ2v) is 6.23. The van der Waals surface area contributed by atoms with Gasteiger partial charge in [0.2, 0.25) is 0 Å². The average molecular weight is 278 g/mol. The van der Waals surface area contributed by atoms with Crippen molar-refractivity contribution in [2.45, 2.75) is 58.1 Å². The zero-order valence-corrected chi connectivity index (χ0v) is 12.7. The molecule has 0 aromatic rings. The summed E-state index contributed by atoms with van der Waals surface area (Å²) in [4.78, 5) is 11.9. The smallest absolute Gasteiger partial charge is 0.319 e. The molecule has 0 saturated carbocycles. The first kappa shape index (κ1) is 17.8. The predicted molar refractivity (Wildman–Crippen MR) is 76.8 cm³/mol. The summed E-state index contributed by atoms with van der Waals surface area (Å²) in [6, 6.07) is 0. The zero-order chi connectivity index (χ0) is 13.8. The molecule has 0 aliphatic rings. The van der Waals surface area contributed by atoms with Gasteiger partial charge in [0.05, 0.1) is 13.3 Å². The van der Waals surface area contributed by atoms with Crippen LogP contribution in [0.4, 0.5) is 4.39 Å². The molecule has 0 aromatic heterocycles. The largest absolute Gasteiger partial charge is 0.465 e. The number of rotatable bonds is 11. The Balaban J connectivity index is 3.98. The molecule has 1 atom stereocenters. The fraction of sp³-hybridized carbons (Fsp3) is 0.929. The summed E-state index contributed by atoms with van der Waals surface area (Å²) < 4.78 is 17.3. The third-order valence-electron chi connectivity index (χ3n) is 2.49. The Morgan fingerprint density at radius 2 is 2.00 bits per heavy atom. The molecule has 0 bridgehead atoms. The van der Waals surface area contributed by atoms with Gasteiger partial charge < -0.3 is 4.74 Å². The van der Waals surface area contributed by atoms with Gasteiger partial charge in [0.15, 0.2) is 0 Å². The van der Waals surface area contributed by atoms with Crippen LogP contribution in [0, 0.1) is 5.92 Å². The van der Waals surface area contributed by atoms with Crippen LogP contribution >= 0.6 is 11.8 Å². The van der Waals surface area contributed by atoms with Crippen molar-refractivity contribution in [1.82, 2.24) is 0 Å². The van der Waals surface area contributed by atoms with Gasteiger partial charge in [-0.25, -0.2) is 0 Å². The number of carbonyl (C=O) groups excluding carboxylic acids is 1. The van der Waals surface area contributed by atoms with E-state index < -0.39 is 0 Å².